The first kappa shape index (κ1) is 16.8. The first-order chi connectivity index (χ1) is 10.7. The van der Waals surface area contributed by atoms with Crippen molar-refractivity contribution in [2.75, 3.05) is 0 Å². The van der Waals surface area contributed by atoms with Crippen LogP contribution in [0.25, 0.3) is 0 Å². The Hall–Kier alpha value is -2.57. The van der Waals surface area contributed by atoms with Crippen LogP contribution < -0.4 is 10.9 Å². The third kappa shape index (κ3) is 4.21. The first-order valence-corrected chi connectivity index (χ1v) is 7.35. The van der Waals surface area contributed by atoms with E-state index in [2.05, 4.69) is 4.99 Å². The summed E-state index contributed by atoms with van der Waals surface area (Å²) in [5.41, 5.74) is 3.28. The van der Waals surface area contributed by atoms with Crippen LogP contribution in [0, 0.1) is 0 Å². The second-order valence-corrected chi connectivity index (χ2v) is 5.72. The minimum absolute atomic E-state index is 0.0697. The van der Waals surface area contributed by atoms with E-state index in [9.17, 15) is 22.1 Å². The highest BCUT2D eigenvalue weighted by Gasteiger charge is 2.17. The molecule has 0 spiro atoms. The average Bonchev–Trinajstić information content (AvgIpc) is 2.42. The lowest BCUT2D eigenvalue weighted by Gasteiger charge is -2.19. The molecule has 0 aromatic heterocycles. The second kappa shape index (κ2) is 6.28. The second-order valence-electron chi connectivity index (χ2n) is 4.30. The number of amidine groups is 1. The molecule has 0 unspecified atom stereocenters. The fourth-order valence-corrected chi connectivity index (χ4v) is 2.26. The van der Waals surface area contributed by atoms with Crippen LogP contribution >= 0.6 is 0 Å². The van der Waals surface area contributed by atoms with E-state index in [1.807, 2.05) is 5.43 Å². The van der Waals surface area contributed by atoms with Gasteiger partial charge in [0.1, 0.15) is 5.84 Å². The summed E-state index contributed by atoms with van der Waals surface area (Å²) in [6.45, 7) is -0.398. The van der Waals surface area contributed by atoms with E-state index in [1.54, 1.807) is 5.43 Å². The number of carboxylic acid groups (broad SMARTS) is 1. The molecule has 2 rings (SSSR count). The summed E-state index contributed by atoms with van der Waals surface area (Å²) < 4.78 is 57.0. The third-order valence-electron chi connectivity index (χ3n) is 2.71. The summed E-state index contributed by atoms with van der Waals surface area (Å²) in [6, 6.07) is 2.81. The predicted molar refractivity (Wildman–Crippen MR) is 72.8 cm³/mol. The molecular weight excluding hydrogens is 338 g/mol. The van der Waals surface area contributed by atoms with E-state index >= 15 is 0 Å². The Morgan fingerprint density at radius 1 is 1.35 bits per heavy atom. The lowest BCUT2D eigenvalue weighted by Crippen LogP contribution is -2.47. The van der Waals surface area contributed by atoms with Crippen molar-refractivity contribution in [3.8, 4) is 0 Å². The average molecular weight is 348 g/mol. The highest BCUT2D eigenvalue weighted by molar-refractivity contribution is 7.85. The SMILES string of the molecule is O=C(O)c1ccc(S(=O)(=O)O)cc1CN=C1C=C(F)NN(F)N1. The fourth-order valence-electron chi connectivity index (χ4n) is 1.73. The summed E-state index contributed by atoms with van der Waals surface area (Å²) in [4.78, 5) is 14.3. The summed E-state index contributed by atoms with van der Waals surface area (Å²) in [5.74, 6) is -2.67. The maximum Gasteiger partial charge on any atom is 0.336 e. The van der Waals surface area contributed by atoms with E-state index in [0.717, 1.165) is 24.3 Å². The lowest BCUT2D eigenvalue weighted by molar-refractivity contribution is -0.0613. The van der Waals surface area contributed by atoms with Gasteiger partial charge in [-0.25, -0.2) is 10.2 Å². The van der Waals surface area contributed by atoms with Crippen molar-refractivity contribution in [3.63, 3.8) is 0 Å². The predicted octanol–water partition coefficient (Wildman–Crippen LogP) is 0.550. The highest BCUT2D eigenvalue weighted by atomic mass is 32.2. The van der Waals surface area contributed by atoms with Gasteiger partial charge < -0.3 is 5.11 Å². The Morgan fingerprint density at radius 2 is 2.04 bits per heavy atom. The zero-order chi connectivity index (χ0) is 17.2. The van der Waals surface area contributed by atoms with E-state index in [1.165, 1.54) is 0 Å². The number of carbonyl (C=O) groups is 1. The van der Waals surface area contributed by atoms with Gasteiger partial charge in [-0.15, -0.1) is 0 Å². The van der Waals surface area contributed by atoms with Gasteiger partial charge in [0.25, 0.3) is 10.1 Å². The maximum absolute atomic E-state index is 13.0. The topological polar surface area (TPSA) is 131 Å². The van der Waals surface area contributed by atoms with E-state index in [0.29, 0.717) is 0 Å². The summed E-state index contributed by atoms with van der Waals surface area (Å²) in [5, 5.41) is 8.75. The number of nitrogens with one attached hydrogen (secondary N) is 2. The molecule has 0 fully saturated rings. The van der Waals surface area contributed by atoms with Crippen LogP contribution in [0.3, 0.4) is 0 Å². The van der Waals surface area contributed by atoms with Crippen molar-refractivity contribution in [2.45, 2.75) is 11.4 Å². The Balaban J connectivity index is 2.38. The molecule has 0 saturated carbocycles. The number of halogens is 2. The Labute approximate surface area is 128 Å². The number of hydrogen-bond donors (Lipinski definition) is 4. The van der Waals surface area contributed by atoms with Crippen LogP contribution in [0.4, 0.5) is 8.87 Å². The Bertz CT molecular complexity index is 809. The van der Waals surface area contributed by atoms with Crippen molar-refractivity contribution >= 4 is 21.9 Å². The third-order valence-corrected chi connectivity index (χ3v) is 3.56. The van der Waals surface area contributed by atoms with Crippen LogP contribution in [0.1, 0.15) is 15.9 Å². The van der Waals surface area contributed by atoms with Gasteiger partial charge in [0, 0.05) is 11.4 Å². The van der Waals surface area contributed by atoms with Gasteiger partial charge in [0.05, 0.1) is 17.0 Å². The molecule has 0 aliphatic carbocycles. The van der Waals surface area contributed by atoms with Gasteiger partial charge in [-0.1, -0.05) is 4.48 Å². The number of benzene rings is 1. The van der Waals surface area contributed by atoms with Crippen LogP contribution in [-0.2, 0) is 16.7 Å². The van der Waals surface area contributed by atoms with Crippen molar-refractivity contribution < 1.29 is 31.7 Å². The molecular formula is C11H10F2N4O5S. The molecule has 0 atom stereocenters. The quantitative estimate of drug-likeness (QED) is 0.352. The zero-order valence-electron chi connectivity index (χ0n) is 11.2. The minimum Gasteiger partial charge on any atom is -0.478 e. The molecule has 1 aliphatic rings. The fraction of sp³-hybridized carbons (Fsp3) is 0.0909. The molecule has 12 heteroatoms. The van der Waals surface area contributed by atoms with Gasteiger partial charge >= 0.3 is 5.97 Å². The molecule has 4 N–H and O–H groups in total. The van der Waals surface area contributed by atoms with Crippen molar-refractivity contribution in [3.05, 3.63) is 41.4 Å². The monoisotopic (exact) mass is 348 g/mol. The van der Waals surface area contributed by atoms with Gasteiger partial charge in [0.2, 0.25) is 5.95 Å². The maximum atomic E-state index is 13.0. The number of aromatic carboxylic acids is 1. The minimum atomic E-state index is -4.54. The first-order valence-electron chi connectivity index (χ1n) is 5.91. The van der Waals surface area contributed by atoms with Gasteiger partial charge in [-0.3, -0.25) is 15.0 Å². The van der Waals surface area contributed by atoms with Crippen molar-refractivity contribution in [1.29, 1.82) is 0 Å². The van der Waals surface area contributed by atoms with Gasteiger partial charge in [-0.05, 0) is 23.8 Å². The molecule has 1 heterocycles. The molecule has 9 nitrogen and oxygen atoms in total. The standard InChI is InChI=1S/C11H10F2N4O5S/c12-9-4-10(16-17(13)15-9)14-5-6-3-7(23(20,21)22)1-2-8(6)11(18)19/h1-4,15H,5H2,(H,14,16)(H,18,19)(H,20,21,22). The number of hydrazine groups is 2. The number of nitrogens with zero attached hydrogens (tertiary/aromatic N) is 2. The normalized spacial score (nSPS) is 17.3. The van der Waals surface area contributed by atoms with Gasteiger partial charge in [-0.2, -0.15) is 12.8 Å². The van der Waals surface area contributed by atoms with Crippen LogP contribution in [-0.4, -0.2) is 35.2 Å². The molecule has 0 radical (unpaired) electrons. The number of carboxylic acids is 1. The summed E-state index contributed by atoms with van der Waals surface area (Å²) in [6.07, 6.45) is 0.809. The molecule has 1 aromatic carbocycles. The Kier molecular flexibility index (Phi) is 4.58. The zero-order valence-corrected chi connectivity index (χ0v) is 12.0. The van der Waals surface area contributed by atoms with E-state index in [-0.39, 0.29) is 22.3 Å². The van der Waals surface area contributed by atoms with Crippen molar-refractivity contribution in [1.82, 2.24) is 16.2 Å². The largest absolute Gasteiger partial charge is 0.478 e. The highest BCUT2D eigenvalue weighted by Crippen LogP contribution is 2.17. The van der Waals surface area contributed by atoms with E-state index in [4.69, 9.17) is 9.66 Å². The van der Waals surface area contributed by atoms with Crippen molar-refractivity contribution in [2.24, 2.45) is 4.99 Å². The Morgan fingerprint density at radius 3 is 2.61 bits per heavy atom. The van der Waals surface area contributed by atoms with E-state index < -0.39 is 33.5 Å². The molecule has 23 heavy (non-hydrogen) atoms. The smallest absolute Gasteiger partial charge is 0.336 e. The molecule has 0 bridgehead atoms. The summed E-state index contributed by atoms with van der Waals surface area (Å²) in [7, 11) is -4.54. The number of hydrogen-bond acceptors (Lipinski definition) is 6. The molecule has 1 aliphatic heterocycles. The van der Waals surface area contributed by atoms with Crippen LogP contribution in [0.15, 0.2) is 40.1 Å². The molecule has 0 amide bonds. The molecule has 124 valence electrons. The number of aliphatic imine (C=N–C) groups is 1. The van der Waals surface area contributed by atoms with Crippen LogP contribution in [0.2, 0.25) is 0 Å². The summed E-state index contributed by atoms with van der Waals surface area (Å²) >= 11 is 0. The molecule has 0 saturated heterocycles. The lowest BCUT2D eigenvalue weighted by atomic mass is 10.1. The van der Waals surface area contributed by atoms with Crippen LogP contribution in [0.5, 0.6) is 0 Å². The number of rotatable bonds is 4. The van der Waals surface area contributed by atoms with Gasteiger partial charge in [0.15, 0.2) is 0 Å². The molecule has 1 aromatic rings.